The molecular weight excluding hydrogens is 266 g/mol. The first-order chi connectivity index (χ1) is 9.02. The van der Waals surface area contributed by atoms with Crippen LogP contribution in [0.3, 0.4) is 0 Å². The molecule has 1 aliphatic rings. The van der Waals surface area contributed by atoms with Crippen molar-refractivity contribution < 1.29 is 4.79 Å². The number of halogens is 1. The van der Waals surface area contributed by atoms with Crippen LogP contribution < -0.4 is 16.8 Å². The highest BCUT2D eigenvalue weighted by molar-refractivity contribution is 6.33. The summed E-state index contributed by atoms with van der Waals surface area (Å²) in [5.41, 5.74) is 12.1. The zero-order valence-corrected chi connectivity index (χ0v) is 11.5. The van der Waals surface area contributed by atoms with Gasteiger partial charge in [-0.2, -0.15) is 0 Å². The lowest BCUT2D eigenvalue weighted by molar-refractivity contribution is 0.0789. The van der Waals surface area contributed by atoms with Crippen molar-refractivity contribution in [1.29, 1.82) is 0 Å². The van der Waals surface area contributed by atoms with E-state index in [1.165, 1.54) is 6.20 Å². The molecule has 1 amide bonds. The molecule has 2 rings (SSSR count). The molecule has 1 aromatic rings. The first-order valence-electron chi connectivity index (χ1n) is 6.22. The van der Waals surface area contributed by atoms with E-state index in [9.17, 15) is 4.79 Å². The van der Waals surface area contributed by atoms with Crippen molar-refractivity contribution in [2.45, 2.75) is 19.0 Å². The van der Waals surface area contributed by atoms with Crippen LogP contribution in [-0.2, 0) is 0 Å². The fraction of sp³-hybridized carbons (Fsp3) is 0.500. The molecule has 1 aromatic heterocycles. The molecule has 1 saturated heterocycles. The Morgan fingerprint density at radius 2 is 2.16 bits per heavy atom. The summed E-state index contributed by atoms with van der Waals surface area (Å²) < 4.78 is 0. The van der Waals surface area contributed by atoms with Crippen LogP contribution in [0.1, 0.15) is 17.3 Å². The fourth-order valence-corrected chi connectivity index (χ4v) is 2.29. The number of nitrogens with zero attached hydrogens (tertiary/aromatic N) is 2. The molecule has 5 N–H and O–H groups in total. The maximum Gasteiger partial charge on any atom is 0.255 e. The molecule has 0 saturated carbocycles. The van der Waals surface area contributed by atoms with Gasteiger partial charge in [0.2, 0.25) is 0 Å². The monoisotopic (exact) mass is 283 g/mol. The van der Waals surface area contributed by atoms with Gasteiger partial charge in [0.1, 0.15) is 5.82 Å². The van der Waals surface area contributed by atoms with E-state index in [1.807, 2.05) is 6.92 Å². The minimum atomic E-state index is -0.173. The van der Waals surface area contributed by atoms with E-state index in [0.29, 0.717) is 29.5 Å². The number of pyridine rings is 1. The number of likely N-dealkylation sites (tertiary alicyclic amines) is 1. The third-order valence-corrected chi connectivity index (χ3v) is 3.42. The molecule has 7 heteroatoms. The number of aromatic nitrogens is 1. The predicted molar refractivity (Wildman–Crippen MR) is 75.3 cm³/mol. The number of nitrogens with two attached hydrogens (primary N) is 2. The van der Waals surface area contributed by atoms with Crippen LogP contribution in [0.15, 0.2) is 12.3 Å². The first-order valence-corrected chi connectivity index (χ1v) is 6.60. The molecule has 0 aliphatic carbocycles. The Balaban J connectivity index is 2.14. The quantitative estimate of drug-likeness (QED) is 0.740. The van der Waals surface area contributed by atoms with Crippen LogP contribution in [0.4, 0.5) is 5.82 Å². The van der Waals surface area contributed by atoms with Gasteiger partial charge < -0.3 is 21.7 Å². The molecule has 6 nitrogen and oxygen atoms in total. The minimum absolute atomic E-state index is 0.138. The molecule has 0 bridgehead atoms. The zero-order chi connectivity index (χ0) is 14.0. The van der Waals surface area contributed by atoms with E-state index in [1.54, 1.807) is 11.0 Å². The molecule has 19 heavy (non-hydrogen) atoms. The Hall–Kier alpha value is -1.37. The normalized spacial score (nSPS) is 22.6. The number of amides is 1. The van der Waals surface area contributed by atoms with E-state index in [2.05, 4.69) is 10.3 Å². The molecule has 0 aromatic carbocycles. The van der Waals surface area contributed by atoms with Gasteiger partial charge in [0.15, 0.2) is 0 Å². The van der Waals surface area contributed by atoms with Gasteiger partial charge in [-0.15, -0.1) is 0 Å². The molecule has 2 heterocycles. The highest BCUT2D eigenvalue weighted by Crippen LogP contribution is 2.21. The van der Waals surface area contributed by atoms with Gasteiger partial charge >= 0.3 is 0 Å². The van der Waals surface area contributed by atoms with Gasteiger partial charge in [-0.05, 0) is 13.0 Å². The molecule has 2 atom stereocenters. The number of anilines is 1. The Morgan fingerprint density at radius 1 is 1.53 bits per heavy atom. The summed E-state index contributed by atoms with van der Waals surface area (Å²) in [6, 6.07) is 1.27. The lowest BCUT2D eigenvalue weighted by Crippen LogP contribution is -2.39. The van der Waals surface area contributed by atoms with Crippen molar-refractivity contribution in [3.63, 3.8) is 0 Å². The molecule has 1 fully saturated rings. The summed E-state index contributed by atoms with van der Waals surface area (Å²) in [5, 5.41) is 3.45. The largest absolute Gasteiger partial charge is 0.369 e. The van der Waals surface area contributed by atoms with Crippen LogP contribution in [-0.4, -0.2) is 47.5 Å². The fourth-order valence-electron chi connectivity index (χ4n) is 2.06. The van der Waals surface area contributed by atoms with Crippen LogP contribution in [0, 0.1) is 0 Å². The molecule has 0 radical (unpaired) electrons. The Kier molecular flexibility index (Phi) is 4.24. The van der Waals surface area contributed by atoms with E-state index in [-0.39, 0.29) is 18.0 Å². The van der Waals surface area contributed by atoms with E-state index >= 15 is 0 Å². The molecule has 1 aliphatic heterocycles. The smallest absolute Gasteiger partial charge is 0.255 e. The Labute approximate surface area is 117 Å². The number of carbonyl (C=O) groups excluding carboxylic acids is 1. The van der Waals surface area contributed by atoms with Crippen molar-refractivity contribution in [3.8, 4) is 0 Å². The molecular formula is C12H18ClN5O. The number of carbonyl (C=O) groups is 1. The van der Waals surface area contributed by atoms with Crippen LogP contribution in [0.2, 0.25) is 5.02 Å². The van der Waals surface area contributed by atoms with Crippen LogP contribution in [0.25, 0.3) is 0 Å². The van der Waals surface area contributed by atoms with Crippen LogP contribution >= 0.6 is 11.6 Å². The standard InChI is InChI=1S/C12H18ClN5O/c1-2-16-11-8(13)3-7(4-17-11)12(19)18-5-9(14)10(15)6-18/h3-4,9-10H,2,5-6,14-15H2,1H3,(H,16,17)/t9-,10-/m1/s1. The highest BCUT2D eigenvalue weighted by atomic mass is 35.5. The highest BCUT2D eigenvalue weighted by Gasteiger charge is 2.31. The average molecular weight is 284 g/mol. The first kappa shape index (κ1) is 14.0. The van der Waals surface area contributed by atoms with Crippen molar-refractivity contribution in [2.24, 2.45) is 11.5 Å². The minimum Gasteiger partial charge on any atom is -0.369 e. The summed E-state index contributed by atoms with van der Waals surface area (Å²) in [6.45, 7) is 3.60. The van der Waals surface area contributed by atoms with Gasteiger partial charge in [-0.1, -0.05) is 11.6 Å². The molecule has 0 unspecified atom stereocenters. The van der Waals surface area contributed by atoms with Gasteiger partial charge in [0.25, 0.3) is 5.91 Å². The third kappa shape index (κ3) is 2.97. The van der Waals surface area contributed by atoms with Gasteiger partial charge in [-0.25, -0.2) is 4.98 Å². The second kappa shape index (κ2) is 5.73. The number of hydrogen-bond acceptors (Lipinski definition) is 5. The summed E-state index contributed by atoms with van der Waals surface area (Å²) >= 11 is 6.07. The van der Waals surface area contributed by atoms with Gasteiger partial charge in [0, 0.05) is 37.9 Å². The lowest BCUT2D eigenvalue weighted by atomic mass is 10.2. The Morgan fingerprint density at radius 3 is 2.68 bits per heavy atom. The number of rotatable bonds is 3. The van der Waals surface area contributed by atoms with Gasteiger partial charge in [0.05, 0.1) is 10.6 Å². The zero-order valence-electron chi connectivity index (χ0n) is 10.8. The van der Waals surface area contributed by atoms with Crippen molar-refractivity contribution in [2.75, 3.05) is 25.0 Å². The number of hydrogen-bond donors (Lipinski definition) is 3. The summed E-state index contributed by atoms with van der Waals surface area (Å²) in [5.74, 6) is 0.441. The second-order valence-electron chi connectivity index (χ2n) is 4.62. The second-order valence-corrected chi connectivity index (χ2v) is 5.03. The predicted octanol–water partition coefficient (Wildman–Crippen LogP) is 0.277. The Bertz CT molecular complexity index is 471. The van der Waals surface area contributed by atoms with Gasteiger partial charge in [-0.3, -0.25) is 4.79 Å². The summed E-state index contributed by atoms with van der Waals surface area (Å²) in [6.07, 6.45) is 1.52. The summed E-state index contributed by atoms with van der Waals surface area (Å²) in [4.78, 5) is 18.0. The number of nitrogens with one attached hydrogen (secondary N) is 1. The lowest BCUT2D eigenvalue weighted by Gasteiger charge is -2.16. The average Bonchev–Trinajstić information content (AvgIpc) is 2.71. The van der Waals surface area contributed by atoms with E-state index in [0.717, 1.165) is 6.54 Å². The summed E-state index contributed by atoms with van der Waals surface area (Å²) in [7, 11) is 0. The third-order valence-electron chi connectivity index (χ3n) is 3.13. The van der Waals surface area contributed by atoms with Crippen molar-refractivity contribution in [3.05, 3.63) is 22.8 Å². The van der Waals surface area contributed by atoms with E-state index < -0.39 is 0 Å². The van der Waals surface area contributed by atoms with Crippen LogP contribution in [0.5, 0.6) is 0 Å². The van der Waals surface area contributed by atoms with Crippen molar-refractivity contribution >= 4 is 23.3 Å². The maximum absolute atomic E-state index is 12.3. The van der Waals surface area contributed by atoms with Crippen molar-refractivity contribution in [1.82, 2.24) is 9.88 Å². The SMILES string of the molecule is CCNc1ncc(C(=O)N2C[C@@H](N)[C@H](N)C2)cc1Cl. The maximum atomic E-state index is 12.3. The van der Waals surface area contributed by atoms with E-state index in [4.69, 9.17) is 23.1 Å². The molecule has 104 valence electrons. The molecule has 0 spiro atoms. The topological polar surface area (TPSA) is 97.3 Å².